The zero-order valence-electron chi connectivity index (χ0n) is 46.5. The van der Waals surface area contributed by atoms with Gasteiger partial charge in [0.1, 0.15) is 48.3 Å². The third kappa shape index (κ3) is 18.2. The number of aromatic amines is 2. The van der Waals surface area contributed by atoms with E-state index in [2.05, 4.69) is 82.7 Å². The zero-order valence-corrected chi connectivity index (χ0v) is 48.3. The summed E-state index contributed by atoms with van der Waals surface area (Å²) in [7, 11) is 0. The van der Waals surface area contributed by atoms with Crippen LogP contribution in [0.1, 0.15) is 62.8 Å². The molecule has 0 saturated carbocycles. The van der Waals surface area contributed by atoms with Crippen LogP contribution in [0.15, 0.2) is 73.3 Å². The molecule has 6 rings (SSSR count). The second-order valence-corrected chi connectivity index (χ2v) is 21.7. The first-order chi connectivity index (χ1) is 40.2. The van der Waals surface area contributed by atoms with Gasteiger partial charge in [-0.15, -0.1) is 0 Å². The van der Waals surface area contributed by atoms with Crippen molar-refractivity contribution in [2.45, 2.75) is 120 Å². The van der Waals surface area contributed by atoms with Crippen molar-refractivity contribution in [3.05, 3.63) is 90.1 Å². The molecule has 27 nitrogen and oxygen atoms in total. The van der Waals surface area contributed by atoms with Crippen molar-refractivity contribution in [3.63, 3.8) is 0 Å². The summed E-state index contributed by atoms with van der Waals surface area (Å²) < 4.78 is 0. The molecule has 4 heterocycles. The number of para-hydroxylation sites is 1. The first-order valence-corrected chi connectivity index (χ1v) is 28.8. The van der Waals surface area contributed by atoms with Crippen LogP contribution in [-0.4, -0.2) is 199 Å². The fraction of sp³-hybridized carbons (Fsp3) is 0.491. The van der Waals surface area contributed by atoms with Gasteiger partial charge >= 0.3 is 5.97 Å². The van der Waals surface area contributed by atoms with Crippen LogP contribution < -0.4 is 48.3 Å². The van der Waals surface area contributed by atoms with Gasteiger partial charge in [-0.05, 0) is 55.2 Å². The molecule has 0 bridgehead atoms. The summed E-state index contributed by atoms with van der Waals surface area (Å²) in [5, 5.41) is 40.6. The van der Waals surface area contributed by atoms with E-state index in [1.54, 1.807) is 42.6 Å². The lowest BCUT2D eigenvalue weighted by atomic mass is 10.0. The molecule has 0 aliphatic carbocycles. The molecule has 454 valence electrons. The molecule has 2 aromatic carbocycles. The normalized spacial score (nSPS) is 17.4. The average molecular weight is 1200 g/mol. The Morgan fingerprint density at radius 1 is 0.643 bits per heavy atom. The van der Waals surface area contributed by atoms with Crippen LogP contribution in [0.25, 0.3) is 10.9 Å². The number of carboxylic acid groups (broad SMARTS) is 1. The molecule has 84 heavy (non-hydrogen) atoms. The summed E-state index contributed by atoms with van der Waals surface area (Å²) in [6.45, 7) is 1.86. The number of carboxylic acids is 1. The van der Waals surface area contributed by atoms with E-state index in [9.17, 15) is 63.0 Å². The largest absolute Gasteiger partial charge is 0.480 e. The van der Waals surface area contributed by atoms with Crippen LogP contribution in [-0.2, 0) is 72.0 Å². The topological polar surface area (TPSA) is 401 Å². The quantitative estimate of drug-likeness (QED) is 0.0237. The van der Waals surface area contributed by atoms with Crippen LogP contribution in [0.5, 0.6) is 0 Å². The molecule has 10 amide bonds. The molecule has 2 fully saturated rings. The van der Waals surface area contributed by atoms with E-state index in [0.717, 1.165) is 10.9 Å². The number of carbonyl (C=O) groups excluding carboxylic acids is 10. The van der Waals surface area contributed by atoms with Gasteiger partial charge in [-0.25, -0.2) is 9.78 Å². The fourth-order valence-electron chi connectivity index (χ4n) is 9.92. The maximum atomic E-state index is 14.4. The van der Waals surface area contributed by atoms with E-state index >= 15 is 0 Å². The number of aliphatic carboxylic acids is 1. The molecule has 14 N–H and O–H groups in total. The number of carbonyl (C=O) groups is 11. The molecule has 2 aliphatic heterocycles. The van der Waals surface area contributed by atoms with Gasteiger partial charge < -0.3 is 78.2 Å². The Balaban J connectivity index is 1.14. The van der Waals surface area contributed by atoms with Gasteiger partial charge in [0.2, 0.25) is 59.1 Å². The molecule has 2 aliphatic rings. The van der Waals surface area contributed by atoms with Gasteiger partial charge in [0.05, 0.1) is 32.1 Å². The molecule has 2 aromatic heterocycles. The van der Waals surface area contributed by atoms with Gasteiger partial charge in [-0.1, -0.05) is 62.4 Å². The number of hydrogen-bond acceptors (Lipinski definition) is 16. The number of aromatic nitrogens is 3. The number of nitrogens with zero attached hydrogens (tertiary/aromatic N) is 3. The highest BCUT2D eigenvalue weighted by Crippen LogP contribution is 2.23. The summed E-state index contributed by atoms with van der Waals surface area (Å²) in [6, 6.07) is 4.82. The molecule has 0 unspecified atom stereocenters. The van der Waals surface area contributed by atoms with Gasteiger partial charge in [0.25, 0.3) is 0 Å². The number of hydrogen-bond donors (Lipinski definition) is 15. The summed E-state index contributed by atoms with van der Waals surface area (Å²) >= 11 is 8.01. The Hall–Kier alpha value is -8.02. The van der Waals surface area contributed by atoms with E-state index in [4.69, 9.17) is 5.73 Å². The first-order valence-electron chi connectivity index (χ1n) is 27.5. The van der Waals surface area contributed by atoms with Crippen LogP contribution in [0.3, 0.4) is 0 Å². The van der Waals surface area contributed by atoms with Crippen LogP contribution in [0.4, 0.5) is 0 Å². The maximum absolute atomic E-state index is 14.4. The lowest BCUT2D eigenvalue weighted by Gasteiger charge is -2.30. The molecule has 9 atom stereocenters. The number of aliphatic hydroxyl groups excluding tert-OH is 1. The number of aliphatic hydroxyl groups is 1. The third-order valence-electron chi connectivity index (χ3n) is 14.3. The van der Waals surface area contributed by atoms with Gasteiger partial charge in [0.15, 0.2) is 0 Å². The van der Waals surface area contributed by atoms with Gasteiger partial charge in [-0.2, -0.15) is 25.3 Å². The lowest BCUT2D eigenvalue weighted by molar-refractivity contribution is -0.143. The number of nitrogens with two attached hydrogens (primary N) is 1. The molecule has 29 heteroatoms. The highest BCUT2D eigenvalue weighted by atomic mass is 32.1. The number of fused-ring (bicyclic) bond motifs is 1. The van der Waals surface area contributed by atoms with E-state index < -0.39 is 139 Å². The third-order valence-corrected chi connectivity index (χ3v) is 15.0. The summed E-state index contributed by atoms with van der Waals surface area (Å²) in [5.41, 5.74) is 8.26. The Morgan fingerprint density at radius 2 is 1.23 bits per heavy atom. The minimum Gasteiger partial charge on any atom is -0.480 e. The van der Waals surface area contributed by atoms with Crippen molar-refractivity contribution in [1.29, 1.82) is 0 Å². The van der Waals surface area contributed by atoms with Gasteiger partial charge in [0, 0.05) is 72.8 Å². The highest BCUT2D eigenvalue weighted by molar-refractivity contribution is 7.80. The molecule has 4 aromatic rings. The Morgan fingerprint density at radius 3 is 1.85 bits per heavy atom. The SMILES string of the molecule is CC(C)C[C@H](NC(=O)[C@@H](N)CS)C(=O)N1CCC[C@H]1C(=O)NCC(=O)N[C@@H](Cc1cnc[nH]1)C(=O)N[C@@H](Cc1c[nH]c2ccccc12)C(=O)NCC(=O)N[C@@H](Cc1ccccc1)C(=O)N1CCC[C@H]1C(=O)N[C@@H](CO)C(=O)N[C@@H](CS)C(=O)O. The number of rotatable bonds is 30. The van der Waals surface area contributed by atoms with Crippen LogP contribution in [0, 0.1) is 5.92 Å². The summed E-state index contributed by atoms with van der Waals surface area (Å²) in [6.07, 6.45) is 5.69. The number of amides is 10. The molecule has 0 spiro atoms. The second-order valence-electron chi connectivity index (χ2n) is 21.0. The van der Waals surface area contributed by atoms with Crippen LogP contribution in [0.2, 0.25) is 0 Å². The number of imidazole rings is 1. The van der Waals surface area contributed by atoms with Crippen molar-refractivity contribution < 1.29 is 63.0 Å². The predicted molar refractivity (Wildman–Crippen MR) is 311 cm³/mol. The van der Waals surface area contributed by atoms with Crippen LogP contribution >= 0.6 is 25.3 Å². The molecular formula is C55H74N14O13S2. The number of likely N-dealkylation sites (tertiary alicyclic amines) is 2. The zero-order chi connectivity index (χ0) is 61.0. The minimum atomic E-state index is -1.57. The number of H-pyrrole nitrogens is 2. The molecule has 2 saturated heterocycles. The minimum absolute atomic E-state index is 0.00699. The highest BCUT2D eigenvalue weighted by Gasteiger charge is 2.41. The lowest BCUT2D eigenvalue weighted by Crippen LogP contribution is -2.59. The maximum Gasteiger partial charge on any atom is 0.327 e. The fourth-order valence-corrected chi connectivity index (χ4v) is 10.3. The Kier molecular flexibility index (Phi) is 24.5. The smallest absolute Gasteiger partial charge is 0.327 e. The van der Waals surface area contributed by atoms with Crippen molar-refractivity contribution in [1.82, 2.24) is 67.3 Å². The average Bonchev–Trinajstić information content (AvgIpc) is 4.39. The number of nitrogens with one attached hydrogen (secondary N) is 10. The Bertz CT molecular complexity index is 2970. The van der Waals surface area contributed by atoms with E-state index in [0.29, 0.717) is 29.7 Å². The number of benzene rings is 2. The standard InChI is InChI=1S/C55H74N14O13S2/c1-30(2)18-39(65-47(73)35(56)27-83)53(79)68-16-8-14-43(68)51(77)60-25-45(71)62-38(21-33-23-57-29-61-33)49(75)64-37(20-32-22-58-36-13-7-6-12-34(32)36)48(74)59-24-46(72)63-40(19-31-10-4-3-5-11-31)54(80)69-17-9-15-44(69)52(78)66-41(26-70)50(76)67-42(28-84)55(81)82/h3-7,10-13,22-23,29-30,35,37-44,58,70,83-84H,8-9,14-21,24-28,56H2,1-2H3,(H,57,61)(H,59,74)(H,60,77)(H,62,71)(H,63,72)(H,64,75)(H,65,73)(H,66,78)(H,67,76)(H,81,82)/t35-,37-,38-,39-,40-,41-,42-,43-,44-/m0/s1. The molecule has 0 radical (unpaired) electrons. The van der Waals surface area contributed by atoms with E-state index in [1.165, 1.54) is 22.3 Å². The Labute approximate surface area is 495 Å². The van der Waals surface area contributed by atoms with Gasteiger partial charge in [-0.3, -0.25) is 47.9 Å². The van der Waals surface area contributed by atoms with E-state index in [1.807, 2.05) is 32.0 Å². The summed E-state index contributed by atoms with van der Waals surface area (Å²) in [4.78, 5) is 162. The first kappa shape index (κ1) is 65.1. The predicted octanol–water partition coefficient (Wildman–Crippen LogP) is -2.65. The second kappa shape index (κ2) is 31.6. The van der Waals surface area contributed by atoms with Crippen molar-refractivity contribution >= 4 is 101 Å². The van der Waals surface area contributed by atoms with E-state index in [-0.39, 0.29) is 69.0 Å². The van der Waals surface area contributed by atoms with Crippen molar-refractivity contribution in [2.24, 2.45) is 11.7 Å². The van der Waals surface area contributed by atoms with Crippen molar-refractivity contribution in [3.8, 4) is 0 Å². The molecular weight excluding hydrogens is 1130 g/mol. The number of thiol groups is 2. The monoisotopic (exact) mass is 1200 g/mol. The summed E-state index contributed by atoms with van der Waals surface area (Å²) in [5.74, 6) is -9.02. The van der Waals surface area contributed by atoms with Crippen molar-refractivity contribution in [2.75, 3.05) is 44.3 Å².